The van der Waals surface area contributed by atoms with Gasteiger partial charge in [-0.25, -0.2) is 14.9 Å². The Morgan fingerprint density at radius 3 is 2.07 bits per heavy atom. The van der Waals surface area contributed by atoms with E-state index in [0.29, 0.717) is 0 Å². The smallest absolute Gasteiger partial charge is 0.253 e. The third kappa shape index (κ3) is 2.33. The maximum absolute atomic E-state index is 13.7. The highest BCUT2D eigenvalue weighted by atomic mass is 16.2. The fourth-order valence-electron chi connectivity index (χ4n) is 5.51. The number of hydrogen-bond donors (Lipinski definition) is 0. The Bertz CT molecular complexity index is 948. The lowest BCUT2D eigenvalue weighted by Gasteiger charge is -2.30. The van der Waals surface area contributed by atoms with E-state index >= 15 is 0 Å². The number of rotatable bonds is 2. The molecule has 0 spiro atoms. The molecule has 0 saturated carbocycles. The molecule has 0 unspecified atom stereocenters. The van der Waals surface area contributed by atoms with Crippen molar-refractivity contribution in [1.29, 1.82) is 0 Å². The fraction of sp³-hybridized carbons (Fsp3) is 0.391. The van der Waals surface area contributed by atoms with Crippen LogP contribution in [0.4, 0.5) is 5.69 Å². The normalized spacial score (nSPS) is 27.5. The van der Waals surface area contributed by atoms with Crippen molar-refractivity contribution in [2.45, 2.75) is 39.3 Å². The average molecular weight is 375 g/mol. The molecule has 2 aromatic carbocycles. The van der Waals surface area contributed by atoms with Crippen LogP contribution in [0.25, 0.3) is 0 Å². The first-order valence-electron chi connectivity index (χ1n) is 10.0. The van der Waals surface area contributed by atoms with Crippen molar-refractivity contribution in [3.8, 4) is 0 Å². The first-order chi connectivity index (χ1) is 13.5. The fourth-order valence-corrected chi connectivity index (χ4v) is 5.51. The van der Waals surface area contributed by atoms with Crippen molar-refractivity contribution in [2.75, 3.05) is 18.0 Å². The molecule has 0 radical (unpaired) electrons. The highest BCUT2D eigenvalue weighted by molar-refractivity contribution is 6.24. The molecule has 3 aliphatic heterocycles. The Balaban J connectivity index is 1.62. The number of fused-ring (bicyclic) bond motifs is 3. The van der Waals surface area contributed by atoms with Gasteiger partial charge in [0.1, 0.15) is 6.04 Å². The monoisotopic (exact) mass is 375 g/mol. The summed E-state index contributed by atoms with van der Waals surface area (Å²) in [4.78, 5) is 28.7. The van der Waals surface area contributed by atoms with Gasteiger partial charge in [0.15, 0.2) is 0 Å². The number of nitrogens with zero attached hydrogens (tertiary/aromatic N) is 3. The topological polar surface area (TPSA) is 43.9 Å². The van der Waals surface area contributed by atoms with Crippen LogP contribution in [0.2, 0.25) is 0 Å². The molecule has 2 amide bonds. The number of hydrazine groups is 1. The molecule has 0 bridgehead atoms. The van der Waals surface area contributed by atoms with Crippen molar-refractivity contribution in [1.82, 2.24) is 10.0 Å². The summed E-state index contributed by atoms with van der Waals surface area (Å²) >= 11 is 0. The predicted molar refractivity (Wildman–Crippen MR) is 108 cm³/mol. The molecular formula is C23H25N3O2. The number of imide groups is 1. The van der Waals surface area contributed by atoms with Gasteiger partial charge in [-0.15, -0.1) is 0 Å². The van der Waals surface area contributed by atoms with Crippen LogP contribution in [0.5, 0.6) is 0 Å². The van der Waals surface area contributed by atoms with Gasteiger partial charge in [-0.2, -0.15) is 0 Å². The molecule has 3 heterocycles. The second-order valence-corrected chi connectivity index (χ2v) is 8.27. The first kappa shape index (κ1) is 17.6. The standard InChI is InChI=1S/C23H25N3O2/c1-14-12-15(2)19(16(3)13-14)26-22(27)18-20(17-8-5-4-6-9-17)24-10-7-11-25(24)21(18)23(26)28/h4-6,8-9,12-13,18,20-21H,7,10-11H2,1-3H3/t18-,20+,21+/m0/s1. The molecule has 3 atom stereocenters. The largest absolute Gasteiger partial charge is 0.274 e. The molecule has 28 heavy (non-hydrogen) atoms. The lowest BCUT2D eigenvalue weighted by molar-refractivity contribution is -0.126. The van der Waals surface area contributed by atoms with E-state index in [9.17, 15) is 9.59 Å². The van der Waals surface area contributed by atoms with Crippen LogP contribution in [0.15, 0.2) is 42.5 Å². The van der Waals surface area contributed by atoms with Crippen LogP contribution in [-0.2, 0) is 9.59 Å². The van der Waals surface area contributed by atoms with Gasteiger partial charge < -0.3 is 0 Å². The summed E-state index contributed by atoms with van der Waals surface area (Å²) in [6, 6.07) is 13.8. The van der Waals surface area contributed by atoms with E-state index in [1.165, 1.54) is 4.90 Å². The summed E-state index contributed by atoms with van der Waals surface area (Å²) in [6.45, 7) is 7.75. The molecule has 0 aliphatic carbocycles. The van der Waals surface area contributed by atoms with Crippen molar-refractivity contribution < 1.29 is 9.59 Å². The molecule has 5 heteroatoms. The van der Waals surface area contributed by atoms with Crippen LogP contribution >= 0.6 is 0 Å². The van der Waals surface area contributed by atoms with Crippen molar-refractivity contribution >= 4 is 17.5 Å². The minimum absolute atomic E-state index is 0.0618. The number of anilines is 1. The second kappa shape index (κ2) is 6.26. The number of amides is 2. The summed E-state index contributed by atoms with van der Waals surface area (Å²) in [6.07, 6.45) is 1.02. The summed E-state index contributed by atoms with van der Waals surface area (Å²) in [5.41, 5.74) is 4.99. The Kier molecular flexibility index (Phi) is 3.93. The zero-order chi connectivity index (χ0) is 19.6. The highest BCUT2D eigenvalue weighted by Gasteiger charge is 2.63. The van der Waals surface area contributed by atoms with Crippen LogP contribution in [0, 0.1) is 26.7 Å². The average Bonchev–Trinajstić information content (AvgIpc) is 3.29. The van der Waals surface area contributed by atoms with Gasteiger partial charge in [-0.1, -0.05) is 48.0 Å². The zero-order valence-corrected chi connectivity index (χ0v) is 16.6. The molecule has 144 valence electrons. The number of carbonyl (C=O) groups excluding carboxylic acids is 2. The highest BCUT2D eigenvalue weighted by Crippen LogP contribution is 2.49. The van der Waals surface area contributed by atoms with E-state index in [-0.39, 0.29) is 29.8 Å². The Morgan fingerprint density at radius 1 is 0.821 bits per heavy atom. The Labute approximate surface area is 165 Å². The number of hydrogen-bond acceptors (Lipinski definition) is 4. The van der Waals surface area contributed by atoms with Gasteiger partial charge in [-0.3, -0.25) is 9.59 Å². The number of aryl methyl sites for hydroxylation is 3. The lowest BCUT2D eigenvalue weighted by Crippen LogP contribution is -2.44. The van der Waals surface area contributed by atoms with Crippen LogP contribution < -0.4 is 4.90 Å². The molecule has 3 fully saturated rings. The van der Waals surface area contributed by atoms with Gasteiger partial charge in [0, 0.05) is 13.1 Å². The molecule has 0 aromatic heterocycles. The van der Waals surface area contributed by atoms with Crippen LogP contribution in [-0.4, -0.2) is 41.0 Å². The second-order valence-electron chi connectivity index (χ2n) is 8.27. The van der Waals surface area contributed by atoms with Gasteiger partial charge >= 0.3 is 0 Å². The van der Waals surface area contributed by atoms with Crippen molar-refractivity contribution in [3.05, 3.63) is 64.7 Å². The maximum atomic E-state index is 13.7. The minimum atomic E-state index is -0.389. The van der Waals surface area contributed by atoms with E-state index in [1.807, 2.05) is 51.1 Å². The lowest BCUT2D eigenvalue weighted by atomic mass is 9.90. The molecule has 0 N–H and O–H groups in total. The van der Waals surface area contributed by atoms with Crippen molar-refractivity contribution in [2.24, 2.45) is 5.92 Å². The van der Waals surface area contributed by atoms with E-state index < -0.39 is 0 Å². The van der Waals surface area contributed by atoms with Gasteiger partial charge in [0.05, 0.1) is 17.6 Å². The van der Waals surface area contributed by atoms with Gasteiger partial charge in [0.2, 0.25) is 5.91 Å². The van der Waals surface area contributed by atoms with Gasteiger partial charge in [0.25, 0.3) is 5.91 Å². The quantitative estimate of drug-likeness (QED) is 0.757. The van der Waals surface area contributed by atoms with Crippen LogP contribution in [0.3, 0.4) is 0 Å². The van der Waals surface area contributed by atoms with E-state index in [2.05, 4.69) is 22.2 Å². The van der Waals surface area contributed by atoms with Gasteiger partial charge in [-0.05, 0) is 43.9 Å². The summed E-state index contributed by atoms with van der Waals surface area (Å²) < 4.78 is 0. The summed E-state index contributed by atoms with van der Waals surface area (Å²) in [5.74, 6) is -0.487. The molecule has 5 rings (SSSR count). The van der Waals surface area contributed by atoms with E-state index in [1.54, 1.807) is 0 Å². The van der Waals surface area contributed by atoms with E-state index in [4.69, 9.17) is 0 Å². The minimum Gasteiger partial charge on any atom is -0.274 e. The van der Waals surface area contributed by atoms with Crippen LogP contribution in [0.1, 0.15) is 34.7 Å². The SMILES string of the molecule is Cc1cc(C)c(N2C(=O)[C@H]3[C@@H](c4ccccc4)N4CCCN4[C@H]3C2=O)c(C)c1. The Hall–Kier alpha value is -2.50. The zero-order valence-electron chi connectivity index (χ0n) is 16.6. The maximum Gasteiger partial charge on any atom is 0.253 e. The molecule has 3 aliphatic rings. The number of benzene rings is 2. The first-order valence-corrected chi connectivity index (χ1v) is 10.0. The summed E-state index contributed by atoms with van der Waals surface area (Å²) in [7, 11) is 0. The number of carbonyl (C=O) groups is 2. The third-order valence-electron chi connectivity index (χ3n) is 6.41. The predicted octanol–water partition coefficient (Wildman–Crippen LogP) is 3.15. The molecule has 2 aromatic rings. The molecule has 5 nitrogen and oxygen atoms in total. The summed E-state index contributed by atoms with van der Waals surface area (Å²) in [5, 5.41) is 4.41. The van der Waals surface area contributed by atoms with Crippen molar-refractivity contribution in [3.63, 3.8) is 0 Å². The third-order valence-corrected chi connectivity index (χ3v) is 6.41. The molecular weight excluding hydrogens is 350 g/mol. The molecule has 3 saturated heterocycles. The van der Waals surface area contributed by atoms with E-state index in [0.717, 1.165) is 47.5 Å². The Morgan fingerprint density at radius 2 is 1.43 bits per heavy atom.